The van der Waals surface area contributed by atoms with E-state index in [1.54, 1.807) is 0 Å². The zero-order valence-corrected chi connectivity index (χ0v) is 9.51. The van der Waals surface area contributed by atoms with Crippen molar-refractivity contribution in [2.75, 3.05) is 11.9 Å². The lowest BCUT2D eigenvalue weighted by molar-refractivity contribution is -0.116. The van der Waals surface area contributed by atoms with E-state index in [4.69, 9.17) is 16.3 Å². The maximum atomic E-state index is 11.2. The summed E-state index contributed by atoms with van der Waals surface area (Å²) in [6, 6.07) is 5.64. The van der Waals surface area contributed by atoms with Crippen molar-refractivity contribution < 1.29 is 9.53 Å². The third-order valence-corrected chi connectivity index (χ3v) is 2.48. The zero-order chi connectivity index (χ0) is 11.5. The van der Waals surface area contributed by atoms with E-state index in [1.807, 2.05) is 18.2 Å². The molecule has 1 aliphatic heterocycles. The molecule has 1 amide bonds. The standard InChI is InChI=1S/C12H12ClNO2/c1-8(13)7-16-10-4-2-9-3-5-12(15)14-11(9)6-10/h2,4,6H,1,3,5,7H2,(H,14,15). The van der Waals surface area contributed by atoms with Crippen LogP contribution in [-0.2, 0) is 11.2 Å². The highest BCUT2D eigenvalue weighted by molar-refractivity contribution is 6.29. The molecule has 0 bridgehead atoms. The van der Waals surface area contributed by atoms with Gasteiger partial charge in [0, 0.05) is 23.2 Å². The van der Waals surface area contributed by atoms with Gasteiger partial charge in [-0.05, 0) is 18.1 Å². The van der Waals surface area contributed by atoms with Crippen molar-refractivity contribution in [2.24, 2.45) is 0 Å². The maximum Gasteiger partial charge on any atom is 0.224 e. The van der Waals surface area contributed by atoms with Crippen molar-refractivity contribution in [1.29, 1.82) is 0 Å². The van der Waals surface area contributed by atoms with Gasteiger partial charge < -0.3 is 10.1 Å². The molecule has 0 aromatic heterocycles. The number of fused-ring (bicyclic) bond motifs is 1. The van der Waals surface area contributed by atoms with Gasteiger partial charge in [0.2, 0.25) is 5.91 Å². The highest BCUT2D eigenvalue weighted by Crippen LogP contribution is 2.27. The summed E-state index contributed by atoms with van der Waals surface area (Å²) >= 11 is 5.61. The highest BCUT2D eigenvalue weighted by Gasteiger charge is 2.14. The fourth-order valence-corrected chi connectivity index (χ4v) is 1.66. The van der Waals surface area contributed by atoms with Crippen LogP contribution < -0.4 is 10.1 Å². The Kier molecular flexibility index (Phi) is 3.15. The van der Waals surface area contributed by atoms with E-state index in [-0.39, 0.29) is 12.5 Å². The molecule has 1 heterocycles. The molecule has 0 radical (unpaired) electrons. The van der Waals surface area contributed by atoms with Gasteiger partial charge in [0.05, 0.1) is 0 Å². The van der Waals surface area contributed by atoms with Gasteiger partial charge >= 0.3 is 0 Å². The number of amides is 1. The van der Waals surface area contributed by atoms with E-state index in [0.29, 0.717) is 17.2 Å². The molecule has 0 atom stereocenters. The van der Waals surface area contributed by atoms with Crippen LogP contribution in [-0.4, -0.2) is 12.5 Å². The van der Waals surface area contributed by atoms with Gasteiger partial charge in [0.1, 0.15) is 12.4 Å². The molecule has 1 N–H and O–H groups in total. The lowest BCUT2D eigenvalue weighted by Crippen LogP contribution is -2.18. The number of carbonyl (C=O) groups excluding carboxylic acids is 1. The first-order valence-electron chi connectivity index (χ1n) is 5.04. The van der Waals surface area contributed by atoms with Crippen molar-refractivity contribution >= 4 is 23.2 Å². The lowest BCUT2D eigenvalue weighted by atomic mass is 10.0. The number of ether oxygens (including phenoxy) is 1. The van der Waals surface area contributed by atoms with Crippen LogP contribution >= 0.6 is 11.6 Å². The summed E-state index contributed by atoms with van der Waals surface area (Å²) in [6.07, 6.45) is 1.33. The third-order valence-electron chi connectivity index (χ3n) is 2.37. The molecule has 0 unspecified atom stereocenters. The molecule has 2 rings (SSSR count). The molecule has 0 saturated heterocycles. The van der Waals surface area contributed by atoms with E-state index in [9.17, 15) is 4.79 Å². The maximum absolute atomic E-state index is 11.2. The highest BCUT2D eigenvalue weighted by atomic mass is 35.5. The number of aryl methyl sites for hydroxylation is 1. The number of hydrogen-bond acceptors (Lipinski definition) is 2. The third kappa shape index (κ3) is 2.55. The first-order valence-corrected chi connectivity index (χ1v) is 5.42. The Balaban J connectivity index is 2.14. The molecule has 3 nitrogen and oxygen atoms in total. The monoisotopic (exact) mass is 237 g/mol. The molecule has 0 saturated carbocycles. The minimum atomic E-state index is 0.0476. The zero-order valence-electron chi connectivity index (χ0n) is 8.75. The Morgan fingerprint density at radius 1 is 1.50 bits per heavy atom. The average molecular weight is 238 g/mol. The average Bonchev–Trinajstić information content (AvgIpc) is 2.25. The molecule has 0 aliphatic carbocycles. The Morgan fingerprint density at radius 3 is 3.06 bits per heavy atom. The smallest absolute Gasteiger partial charge is 0.224 e. The Hall–Kier alpha value is -1.48. The minimum Gasteiger partial charge on any atom is -0.488 e. The SMILES string of the molecule is C=C(Cl)COc1ccc2c(c1)NC(=O)CC2. The molecule has 0 fully saturated rings. The molecular formula is C12H12ClNO2. The molecular weight excluding hydrogens is 226 g/mol. The number of benzene rings is 1. The van der Waals surface area contributed by atoms with E-state index in [1.165, 1.54) is 0 Å². The summed E-state index contributed by atoms with van der Waals surface area (Å²) < 4.78 is 5.39. The Labute approximate surface area is 99.1 Å². The van der Waals surface area contributed by atoms with Crippen LogP contribution in [0.4, 0.5) is 5.69 Å². The Morgan fingerprint density at radius 2 is 2.31 bits per heavy atom. The van der Waals surface area contributed by atoms with E-state index in [0.717, 1.165) is 17.7 Å². The predicted molar refractivity (Wildman–Crippen MR) is 63.9 cm³/mol. The van der Waals surface area contributed by atoms with Crippen molar-refractivity contribution in [1.82, 2.24) is 0 Å². The second kappa shape index (κ2) is 4.58. The summed E-state index contributed by atoms with van der Waals surface area (Å²) in [6.45, 7) is 3.81. The summed E-state index contributed by atoms with van der Waals surface area (Å²) in [5, 5.41) is 3.26. The quantitative estimate of drug-likeness (QED) is 0.878. The number of halogens is 1. The van der Waals surface area contributed by atoms with Crippen LogP contribution in [0.3, 0.4) is 0 Å². The molecule has 1 aliphatic rings. The molecule has 16 heavy (non-hydrogen) atoms. The van der Waals surface area contributed by atoms with E-state index in [2.05, 4.69) is 11.9 Å². The molecule has 0 spiro atoms. The van der Waals surface area contributed by atoms with E-state index < -0.39 is 0 Å². The number of carbonyl (C=O) groups is 1. The minimum absolute atomic E-state index is 0.0476. The van der Waals surface area contributed by atoms with Gasteiger partial charge in [-0.25, -0.2) is 0 Å². The van der Waals surface area contributed by atoms with Crippen LogP contribution in [0, 0.1) is 0 Å². The number of rotatable bonds is 3. The van der Waals surface area contributed by atoms with Gasteiger partial charge in [0.15, 0.2) is 0 Å². The number of anilines is 1. The van der Waals surface area contributed by atoms with Gasteiger partial charge in [-0.15, -0.1) is 0 Å². The first-order chi connectivity index (χ1) is 7.65. The van der Waals surface area contributed by atoms with Gasteiger partial charge in [-0.3, -0.25) is 4.79 Å². The largest absolute Gasteiger partial charge is 0.488 e. The second-order valence-electron chi connectivity index (χ2n) is 3.67. The van der Waals surface area contributed by atoms with Gasteiger partial charge in [0.25, 0.3) is 0 Å². The van der Waals surface area contributed by atoms with Crippen molar-refractivity contribution in [3.05, 3.63) is 35.4 Å². The van der Waals surface area contributed by atoms with Gasteiger partial charge in [-0.2, -0.15) is 0 Å². The predicted octanol–water partition coefficient (Wildman–Crippen LogP) is 2.70. The topological polar surface area (TPSA) is 38.3 Å². The fourth-order valence-electron chi connectivity index (χ4n) is 1.60. The molecule has 84 valence electrons. The second-order valence-corrected chi connectivity index (χ2v) is 4.21. The van der Waals surface area contributed by atoms with Crippen molar-refractivity contribution in [3.8, 4) is 5.75 Å². The lowest BCUT2D eigenvalue weighted by Gasteiger charge is -2.17. The summed E-state index contributed by atoms with van der Waals surface area (Å²) in [5.74, 6) is 0.731. The molecule has 4 heteroatoms. The Bertz CT molecular complexity index is 443. The van der Waals surface area contributed by atoms with Crippen molar-refractivity contribution in [3.63, 3.8) is 0 Å². The molecule has 1 aromatic rings. The number of nitrogens with one attached hydrogen (secondary N) is 1. The van der Waals surface area contributed by atoms with Crippen molar-refractivity contribution in [2.45, 2.75) is 12.8 Å². The summed E-state index contributed by atoms with van der Waals surface area (Å²) in [7, 11) is 0. The van der Waals surface area contributed by atoms with Crippen LogP contribution in [0.25, 0.3) is 0 Å². The summed E-state index contributed by atoms with van der Waals surface area (Å²) in [5.41, 5.74) is 1.96. The van der Waals surface area contributed by atoms with Crippen LogP contribution in [0.1, 0.15) is 12.0 Å². The van der Waals surface area contributed by atoms with Crippen LogP contribution in [0.2, 0.25) is 0 Å². The normalized spacial score (nSPS) is 13.9. The molecule has 1 aromatic carbocycles. The number of hydrogen-bond donors (Lipinski definition) is 1. The summed E-state index contributed by atoms with van der Waals surface area (Å²) in [4.78, 5) is 11.2. The fraction of sp³-hybridized carbons (Fsp3) is 0.250. The van der Waals surface area contributed by atoms with Crippen LogP contribution in [0.15, 0.2) is 29.8 Å². The first kappa shape index (κ1) is 11.0. The van der Waals surface area contributed by atoms with Crippen LogP contribution in [0.5, 0.6) is 5.75 Å². The van der Waals surface area contributed by atoms with Gasteiger partial charge in [-0.1, -0.05) is 24.2 Å². The van der Waals surface area contributed by atoms with E-state index >= 15 is 0 Å².